The molecule has 160 valence electrons. The summed E-state index contributed by atoms with van der Waals surface area (Å²) in [5.41, 5.74) is 5.93. The Balaban J connectivity index is 1.80. The van der Waals surface area contributed by atoms with E-state index < -0.39 is 5.91 Å². The van der Waals surface area contributed by atoms with Crippen molar-refractivity contribution in [3.05, 3.63) is 63.9 Å². The van der Waals surface area contributed by atoms with Crippen molar-refractivity contribution in [1.82, 2.24) is 4.90 Å². The second-order valence-corrected chi connectivity index (χ2v) is 9.05. The molecule has 0 radical (unpaired) electrons. The number of para-hydroxylation sites is 1. The normalized spacial score (nSPS) is 22.4. The van der Waals surface area contributed by atoms with Gasteiger partial charge in [0.05, 0.1) is 0 Å². The van der Waals surface area contributed by atoms with Crippen molar-refractivity contribution in [2.24, 2.45) is 0 Å². The number of carbonyl (C=O) groups excluding carboxylic acids is 2. The van der Waals surface area contributed by atoms with Gasteiger partial charge < -0.3 is 4.90 Å². The SMILES string of the molecule is CCCCN1C(=O)C(C#N)=C(C)/C(=C/C=C2\N3CCCc4cccc(c43)C2(C)C)C1=O. The van der Waals surface area contributed by atoms with E-state index in [9.17, 15) is 14.9 Å². The van der Waals surface area contributed by atoms with Crippen LogP contribution < -0.4 is 4.90 Å². The van der Waals surface area contributed by atoms with E-state index >= 15 is 0 Å². The standard InChI is InChI=1S/C26H29N3O2/c1-5-6-14-29-24(30)19(17(2)20(16-27)25(29)31)12-13-22-26(3,4)21-11-7-9-18-10-8-15-28(22)23(18)21/h7,9,11-13H,5-6,8,10,14-15H2,1-4H3/b19-12-,22-13-. The van der Waals surface area contributed by atoms with Gasteiger partial charge in [-0.2, -0.15) is 5.26 Å². The van der Waals surface area contributed by atoms with Crippen molar-refractivity contribution >= 4 is 17.5 Å². The van der Waals surface area contributed by atoms with Gasteiger partial charge in [-0.3, -0.25) is 14.5 Å². The molecule has 31 heavy (non-hydrogen) atoms. The van der Waals surface area contributed by atoms with E-state index in [2.05, 4.69) is 36.9 Å². The summed E-state index contributed by atoms with van der Waals surface area (Å²) in [6.07, 6.45) is 7.61. The Morgan fingerprint density at radius 2 is 1.97 bits per heavy atom. The highest BCUT2D eigenvalue weighted by Crippen LogP contribution is 2.51. The van der Waals surface area contributed by atoms with Gasteiger partial charge in [-0.1, -0.05) is 45.4 Å². The number of anilines is 1. The fourth-order valence-corrected chi connectivity index (χ4v) is 5.01. The molecule has 0 unspecified atom stereocenters. The molecule has 0 aromatic heterocycles. The minimum absolute atomic E-state index is 0.0644. The van der Waals surface area contributed by atoms with Gasteiger partial charge in [0, 0.05) is 35.5 Å². The molecule has 2 amide bonds. The largest absolute Gasteiger partial charge is 0.344 e. The number of nitriles is 1. The molecule has 3 aliphatic heterocycles. The predicted octanol–water partition coefficient (Wildman–Crippen LogP) is 4.55. The third-order valence-electron chi connectivity index (χ3n) is 6.79. The van der Waals surface area contributed by atoms with Crippen LogP contribution in [-0.2, 0) is 21.4 Å². The van der Waals surface area contributed by atoms with Crippen LogP contribution in [0.1, 0.15) is 58.1 Å². The lowest BCUT2D eigenvalue weighted by Gasteiger charge is -2.30. The van der Waals surface area contributed by atoms with Crippen LogP contribution in [0.5, 0.6) is 0 Å². The van der Waals surface area contributed by atoms with Crippen LogP contribution in [-0.4, -0.2) is 29.8 Å². The third-order valence-corrected chi connectivity index (χ3v) is 6.79. The summed E-state index contributed by atoms with van der Waals surface area (Å²) in [6, 6.07) is 8.55. The molecule has 0 atom stereocenters. The summed E-state index contributed by atoms with van der Waals surface area (Å²) in [7, 11) is 0. The monoisotopic (exact) mass is 415 g/mol. The molecule has 0 saturated carbocycles. The first kappa shape index (κ1) is 21.1. The number of aryl methyl sites for hydroxylation is 1. The highest BCUT2D eigenvalue weighted by atomic mass is 16.2. The Bertz CT molecular complexity index is 1100. The predicted molar refractivity (Wildman–Crippen MR) is 121 cm³/mol. The van der Waals surface area contributed by atoms with Crippen molar-refractivity contribution in [1.29, 1.82) is 5.26 Å². The van der Waals surface area contributed by atoms with Gasteiger partial charge in [0.15, 0.2) is 0 Å². The van der Waals surface area contributed by atoms with Gasteiger partial charge in [0.1, 0.15) is 11.6 Å². The number of amides is 2. The quantitative estimate of drug-likeness (QED) is 0.535. The number of hydrogen-bond acceptors (Lipinski definition) is 4. The lowest BCUT2D eigenvalue weighted by atomic mass is 9.83. The minimum Gasteiger partial charge on any atom is -0.344 e. The Morgan fingerprint density at radius 3 is 2.68 bits per heavy atom. The van der Waals surface area contributed by atoms with Crippen LogP contribution in [0.4, 0.5) is 5.69 Å². The zero-order chi connectivity index (χ0) is 22.3. The van der Waals surface area contributed by atoms with E-state index in [0.717, 1.165) is 37.9 Å². The van der Waals surface area contributed by atoms with Gasteiger partial charge in [0.2, 0.25) is 0 Å². The molecule has 1 aromatic carbocycles. The lowest BCUT2D eigenvalue weighted by molar-refractivity contribution is -0.140. The highest BCUT2D eigenvalue weighted by Gasteiger charge is 2.42. The summed E-state index contributed by atoms with van der Waals surface area (Å²) in [5.74, 6) is -0.781. The molecule has 1 aromatic rings. The first-order valence-electron chi connectivity index (χ1n) is 11.1. The maximum atomic E-state index is 13.2. The molecule has 4 rings (SSSR count). The van der Waals surface area contributed by atoms with E-state index in [1.807, 2.05) is 25.1 Å². The zero-order valence-corrected chi connectivity index (χ0v) is 18.8. The number of benzene rings is 1. The Kier molecular flexibility index (Phi) is 5.35. The topological polar surface area (TPSA) is 64.4 Å². The Hall–Kier alpha value is -3.13. The zero-order valence-electron chi connectivity index (χ0n) is 18.8. The molecule has 0 aliphatic carbocycles. The second kappa shape index (κ2) is 7.85. The van der Waals surface area contributed by atoms with Gasteiger partial charge in [-0.25, -0.2) is 0 Å². The van der Waals surface area contributed by atoms with Crippen LogP contribution in [0.3, 0.4) is 0 Å². The van der Waals surface area contributed by atoms with E-state index in [1.165, 1.54) is 21.7 Å². The Labute approximate surface area is 184 Å². The maximum absolute atomic E-state index is 13.2. The molecule has 0 N–H and O–H groups in total. The maximum Gasteiger partial charge on any atom is 0.271 e. The molecule has 5 heteroatoms. The smallest absolute Gasteiger partial charge is 0.271 e. The molecule has 5 nitrogen and oxygen atoms in total. The first-order chi connectivity index (χ1) is 14.8. The van der Waals surface area contributed by atoms with E-state index in [4.69, 9.17) is 0 Å². The molecule has 3 aliphatic rings. The average Bonchev–Trinajstić information content (AvgIpc) is 2.97. The third kappa shape index (κ3) is 3.22. The van der Waals surface area contributed by atoms with Crippen molar-refractivity contribution in [3.63, 3.8) is 0 Å². The number of hydrogen-bond donors (Lipinski definition) is 0. The second-order valence-electron chi connectivity index (χ2n) is 9.05. The number of imide groups is 1. The summed E-state index contributed by atoms with van der Waals surface area (Å²) in [4.78, 5) is 29.4. The van der Waals surface area contributed by atoms with Crippen LogP contribution in [0.2, 0.25) is 0 Å². The van der Waals surface area contributed by atoms with E-state index in [-0.39, 0.29) is 16.9 Å². The molecule has 0 saturated heterocycles. The summed E-state index contributed by atoms with van der Waals surface area (Å²) in [6.45, 7) is 9.44. The summed E-state index contributed by atoms with van der Waals surface area (Å²) in [5, 5.41) is 9.56. The van der Waals surface area contributed by atoms with Crippen LogP contribution in [0.15, 0.2) is 52.8 Å². The number of nitrogens with zero attached hydrogens (tertiary/aromatic N) is 3. The number of allylic oxidation sites excluding steroid dienone is 3. The minimum atomic E-state index is -0.475. The van der Waals surface area contributed by atoms with Crippen molar-refractivity contribution in [2.45, 2.75) is 58.8 Å². The van der Waals surface area contributed by atoms with Gasteiger partial charge in [-0.15, -0.1) is 0 Å². The highest BCUT2D eigenvalue weighted by molar-refractivity contribution is 6.18. The molecule has 0 bridgehead atoms. The van der Waals surface area contributed by atoms with Crippen molar-refractivity contribution in [2.75, 3.05) is 18.0 Å². The Morgan fingerprint density at radius 1 is 1.19 bits per heavy atom. The molecular formula is C26H29N3O2. The van der Waals surface area contributed by atoms with Gasteiger partial charge >= 0.3 is 0 Å². The van der Waals surface area contributed by atoms with Crippen LogP contribution in [0, 0.1) is 11.3 Å². The van der Waals surface area contributed by atoms with Crippen LogP contribution in [0.25, 0.3) is 0 Å². The molecule has 0 fully saturated rings. The average molecular weight is 416 g/mol. The molecular weight excluding hydrogens is 386 g/mol. The molecule has 0 spiro atoms. The first-order valence-corrected chi connectivity index (χ1v) is 11.1. The fraction of sp³-hybridized carbons (Fsp3) is 0.423. The van der Waals surface area contributed by atoms with Gasteiger partial charge in [-0.05, 0) is 55.0 Å². The van der Waals surface area contributed by atoms with Crippen molar-refractivity contribution in [3.8, 4) is 6.07 Å². The van der Waals surface area contributed by atoms with Gasteiger partial charge in [0.25, 0.3) is 11.8 Å². The molecule has 3 heterocycles. The number of carbonyl (C=O) groups is 2. The number of unbranched alkanes of at least 4 members (excludes halogenated alkanes) is 1. The van der Waals surface area contributed by atoms with E-state index in [0.29, 0.717) is 17.7 Å². The summed E-state index contributed by atoms with van der Waals surface area (Å²) < 4.78 is 0. The van der Waals surface area contributed by atoms with Crippen molar-refractivity contribution < 1.29 is 9.59 Å². The number of rotatable bonds is 4. The summed E-state index contributed by atoms with van der Waals surface area (Å²) >= 11 is 0. The van der Waals surface area contributed by atoms with Crippen LogP contribution >= 0.6 is 0 Å². The fourth-order valence-electron chi connectivity index (χ4n) is 5.01. The lowest BCUT2D eigenvalue weighted by Crippen LogP contribution is -2.43. The van der Waals surface area contributed by atoms with E-state index in [1.54, 1.807) is 6.92 Å².